The van der Waals surface area contributed by atoms with Crippen LogP contribution in [0.15, 0.2) is 90.2 Å². The van der Waals surface area contributed by atoms with Crippen LogP contribution in [0.25, 0.3) is 5.70 Å². The number of pyridine rings is 1. The quantitative estimate of drug-likeness (QED) is 0.341. The Kier molecular flexibility index (Phi) is 6.99. The van der Waals surface area contributed by atoms with Crippen LogP contribution in [0.5, 0.6) is 11.5 Å². The Labute approximate surface area is 216 Å². The summed E-state index contributed by atoms with van der Waals surface area (Å²) >= 11 is 0. The molecule has 6 nitrogen and oxygen atoms in total. The fourth-order valence-corrected chi connectivity index (χ4v) is 4.79. The predicted molar refractivity (Wildman–Crippen MR) is 142 cm³/mol. The van der Waals surface area contributed by atoms with Crippen molar-refractivity contribution >= 4 is 12.0 Å². The molecule has 6 heteroatoms. The Hall–Kier alpha value is -4.45. The molecule has 0 aliphatic carbocycles. The third-order valence-electron chi connectivity index (χ3n) is 6.62. The molecular formula is C31H29N3O3. The van der Waals surface area contributed by atoms with Gasteiger partial charge in [0, 0.05) is 29.7 Å². The van der Waals surface area contributed by atoms with Gasteiger partial charge in [0.15, 0.2) is 6.29 Å². The smallest absolute Gasteiger partial charge is 0.166 e. The number of methoxy groups -OCH3 is 1. The van der Waals surface area contributed by atoms with Gasteiger partial charge in [-0.1, -0.05) is 48.5 Å². The normalized spacial score (nSPS) is 14.5. The number of rotatable bonds is 8. The van der Waals surface area contributed by atoms with Crippen molar-refractivity contribution in [2.45, 2.75) is 33.2 Å². The molecule has 1 aliphatic rings. The van der Waals surface area contributed by atoms with Gasteiger partial charge in [-0.15, -0.1) is 0 Å². The molecule has 4 aromatic rings. The van der Waals surface area contributed by atoms with Crippen LogP contribution in [0.1, 0.15) is 34.0 Å². The Bertz CT molecular complexity index is 1530. The van der Waals surface area contributed by atoms with Gasteiger partial charge in [-0.3, -0.25) is 14.8 Å². The molecule has 0 spiro atoms. The summed E-state index contributed by atoms with van der Waals surface area (Å²) < 4.78 is 11.9. The lowest BCUT2D eigenvalue weighted by Gasteiger charge is -2.34. The number of carbonyl (C=O) groups is 1. The molecule has 1 atom stereocenters. The van der Waals surface area contributed by atoms with E-state index in [4.69, 9.17) is 14.5 Å². The van der Waals surface area contributed by atoms with Crippen LogP contribution < -0.4 is 20.0 Å². The maximum absolute atomic E-state index is 12.4. The zero-order valence-corrected chi connectivity index (χ0v) is 21.2. The van der Waals surface area contributed by atoms with Gasteiger partial charge in [-0.05, 0) is 60.4 Å². The van der Waals surface area contributed by atoms with Crippen molar-refractivity contribution in [3.05, 3.63) is 124 Å². The highest BCUT2D eigenvalue weighted by molar-refractivity contribution is 5.97. The van der Waals surface area contributed by atoms with Crippen molar-refractivity contribution < 1.29 is 14.3 Å². The molecule has 1 unspecified atom stereocenters. The number of carbonyl (C=O) groups excluding carboxylic acids is 1. The number of para-hydroxylation sites is 2. The minimum absolute atomic E-state index is 0.346. The van der Waals surface area contributed by atoms with Crippen molar-refractivity contribution in [1.82, 2.24) is 9.88 Å². The van der Waals surface area contributed by atoms with E-state index >= 15 is 0 Å². The number of ether oxygens (including phenoxy) is 2. The van der Waals surface area contributed by atoms with Crippen molar-refractivity contribution in [3.8, 4) is 11.5 Å². The molecule has 0 amide bonds. The van der Waals surface area contributed by atoms with E-state index in [0.717, 1.165) is 56.2 Å². The molecule has 0 bridgehead atoms. The first-order chi connectivity index (χ1) is 18.1. The highest BCUT2D eigenvalue weighted by Crippen LogP contribution is 2.33. The van der Waals surface area contributed by atoms with Crippen LogP contribution in [0.4, 0.5) is 0 Å². The lowest BCUT2D eigenvalue weighted by molar-refractivity contribution is -0.104. The van der Waals surface area contributed by atoms with Crippen LogP contribution in [-0.4, -0.2) is 23.3 Å². The van der Waals surface area contributed by atoms with Gasteiger partial charge in [0.25, 0.3) is 0 Å². The average molecular weight is 492 g/mol. The second-order valence-corrected chi connectivity index (χ2v) is 9.09. The molecule has 186 valence electrons. The van der Waals surface area contributed by atoms with Crippen molar-refractivity contribution in [3.63, 3.8) is 0 Å². The highest BCUT2D eigenvalue weighted by atomic mass is 16.5. The van der Waals surface area contributed by atoms with E-state index in [1.807, 2.05) is 91.7 Å². The zero-order chi connectivity index (χ0) is 25.8. The van der Waals surface area contributed by atoms with Gasteiger partial charge >= 0.3 is 0 Å². The van der Waals surface area contributed by atoms with Gasteiger partial charge in [0.1, 0.15) is 24.3 Å². The maximum Gasteiger partial charge on any atom is 0.166 e. The van der Waals surface area contributed by atoms with Gasteiger partial charge in [-0.25, -0.2) is 0 Å². The second kappa shape index (κ2) is 10.7. The largest absolute Gasteiger partial charge is 0.496 e. The summed E-state index contributed by atoms with van der Waals surface area (Å²) in [7, 11) is 1.66. The molecular weight excluding hydrogens is 462 g/mol. The maximum atomic E-state index is 12.4. The summed E-state index contributed by atoms with van der Waals surface area (Å²) in [4.78, 5) is 23.8. The van der Waals surface area contributed by atoms with Gasteiger partial charge in [0.05, 0.1) is 18.2 Å². The Morgan fingerprint density at radius 3 is 2.51 bits per heavy atom. The topological polar surface area (TPSA) is 64.0 Å². The molecule has 5 rings (SSSR count). The summed E-state index contributed by atoms with van der Waals surface area (Å²) in [5, 5.41) is 1.62. The number of benzene rings is 3. The van der Waals surface area contributed by atoms with Crippen LogP contribution >= 0.6 is 0 Å². The SMILES string of the molecule is COc1ccc(C2N=c3ccccc3=C(C=O)N2Cc2cccnc2)cc1COc1c(C)cccc1C. The van der Waals surface area contributed by atoms with Crippen LogP contribution in [0.2, 0.25) is 0 Å². The minimum atomic E-state index is -0.403. The van der Waals surface area contributed by atoms with Gasteiger partial charge < -0.3 is 14.4 Å². The van der Waals surface area contributed by atoms with Crippen molar-refractivity contribution in [1.29, 1.82) is 0 Å². The number of hydrogen-bond donors (Lipinski definition) is 0. The highest BCUT2D eigenvalue weighted by Gasteiger charge is 2.27. The number of aromatic nitrogens is 1. The van der Waals surface area contributed by atoms with Crippen LogP contribution in [-0.2, 0) is 17.9 Å². The first-order valence-corrected chi connectivity index (χ1v) is 12.2. The van der Waals surface area contributed by atoms with Crippen LogP contribution in [0.3, 0.4) is 0 Å². The fourth-order valence-electron chi connectivity index (χ4n) is 4.79. The molecule has 1 aromatic heterocycles. The lowest BCUT2D eigenvalue weighted by atomic mass is 10.0. The number of nitrogens with zero attached hydrogens (tertiary/aromatic N) is 3. The molecule has 1 aliphatic heterocycles. The monoisotopic (exact) mass is 491 g/mol. The predicted octanol–water partition coefficient (Wildman–Crippen LogP) is 4.43. The zero-order valence-electron chi connectivity index (χ0n) is 21.2. The molecule has 0 saturated heterocycles. The summed E-state index contributed by atoms with van der Waals surface area (Å²) in [6, 6.07) is 23.8. The minimum Gasteiger partial charge on any atom is -0.496 e. The number of hydrogen-bond acceptors (Lipinski definition) is 6. The van der Waals surface area contributed by atoms with E-state index in [9.17, 15) is 4.79 Å². The number of fused-ring (bicyclic) bond motifs is 1. The number of aldehydes is 1. The summed E-state index contributed by atoms with van der Waals surface area (Å²) in [5.74, 6) is 1.62. The molecule has 0 N–H and O–H groups in total. The van der Waals surface area contributed by atoms with E-state index in [1.165, 1.54) is 0 Å². The molecule has 0 saturated carbocycles. The first-order valence-electron chi connectivity index (χ1n) is 12.2. The van der Waals surface area contributed by atoms with Crippen molar-refractivity contribution in [2.24, 2.45) is 4.99 Å². The van der Waals surface area contributed by atoms with E-state index in [-0.39, 0.29) is 0 Å². The third kappa shape index (κ3) is 4.96. The van der Waals surface area contributed by atoms with Gasteiger partial charge in [0.2, 0.25) is 0 Å². The Morgan fingerprint density at radius 2 is 1.78 bits per heavy atom. The average Bonchev–Trinajstić information content (AvgIpc) is 2.93. The fraction of sp³-hybridized carbons (Fsp3) is 0.194. The Morgan fingerprint density at radius 1 is 0.973 bits per heavy atom. The molecule has 37 heavy (non-hydrogen) atoms. The van der Waals surface area contributed by atoms with E-state index in [2.05, 4.69) is 11.1 Å². The second-order valence-electron chi connectivity index (χ2n) is 9.09. The lowest BCUT2D eigenvalue weighted by Crippen LogP contribution is -2.42. The third-order valence-corrected chi connectivity index (χ3v) is 6.62. The van der Waals surface area contributed by atoms with E-state index < -0.39 is 6.17 Å². The molecule has 0 radical (unpaired) electrons. The molecule has 0 fully saturated rings. The van der Waals surface area contributed by atoms with E-state index in [0.29, 0.717) is 18.8 Å². The Balaban J connectivity index is 1.57. The van der Waals surface area contributed by atoms with E-state index in [1.54, 1.807) is 13.3 Å². The van der Waals surface area contributed by atoms with Crippen molar-refractivity contribution in [2.75, 3.05) is 7.11 Å². The summed E-state index contributed by atoms with van der Waals surface area (Å²) in [5.41, 5.74) is 5.62. The number of aryl methyl sites for hydroxylation is 2. The summed E-state index contributed by atoms with van der Waals surface area (Å²) in [6.45, 7) is 4.92. The molecule has 2 heterocycles. The van der Waals surface area contributed by atoms with Gasteiger partial charge in [-0.2, -0.15) is 0 Å². The first kappa shape index (κ1) is 24.3. The molecule has 3 aromatic carbocycles. The van der Waals surface area contributed by atoms with Crippen LogP contribution in [0, 0.1) is 13.8 Å². The summed E-state index contributed by atoms with van der Waals surface area (Å²) in [6.07, 6.45) is 4.08. The standard InChI is InChI=1S/C31H29N3O3/c1-21-8-6-9-22(2)30(21)37-20-25-16-24(13-14-29(25)36-3)31-33-27-12-5-4-11-26(27)28(19-35)34(31)18-23-10-7-15-32-17-23/h4-17,19,31H,18,20H2,1-3H3.